The normalized spacial score (nSPS) is 19.6. The molecule has 292 valence electrons. The molecule has 57 heavy (non-hydrogen) atoms. The Morgan fingerprint density at radius 3 is 1.61 bits per heavy atom. The van der Waals surface area contributed by atoms with Gasteiger partial charge in [-0.05, 0) is 63.6 Å². The van der Waals surface area contributed by atoms with Gasteiger partial charge in [-0.25, -0.2) is 0 Å². The molecule has 7 rings (SSSR count). The lowest BCUT2D eigenvalue weighted by Gasteiger charge is -2.47. The van der Waals surface area contributed by atoms with Crippen molar-refractivity contribution in [3.8, 4) is 0 Å². The van der Waals surface area contributed by atoms with Crippen molar-refractivity contribution in [2.75, 3.05) is 6.61 Å². The number of rotatable bonds is 16. The van der Waals surface area contributed by atoms with E-state index in [1.165, 1.54) is 11.1 Å². The van der Waals surface area contributed by atoms with Crippen LogP contribution >= 0.6 is 11.6 Å². The topological polar surface area (TPSA) is 36.9 Å². The third-order valence-corrected chi connectivity index (χ3v) is 11.5. The van der Waals surface area contributed by atoms with Crippen molar-refractivity contribution in [3.63, 3.8) is 0 Å². The maximum absolute atomic E-state index is 7.11. The van der Waals surface area contributed by atoms with Crippen molar-refractivity contribution in [3.05, 3.63) is 219 Å². The molecule has 0 N–H and O–H groups in total. The molecule has 1 aliphatic rings. The highest BCUT2D eigenvalue weighted by Gasteiger charge is 2.50. The van der Waals surface area contributed by atoms with Crippen molar-refractivity contribution in [2.24, 2.45) is 5.41 Å². The maximum Gasteiger partial charge on any atom is 0.115 e. The van der Waals surface area contributed by atoms with Gasteiger partial charge in [0, 0.05) is 15.9 Å². The number of aryl methyl sites for hydroxylation is 1. The van der Waals surface area contributed by atoms with E-state index in [0.29, 0.717) is 33.0 Å². The monoisotopic (exact) mass is 776 g/mol. The van der Waals surface area contributed by atoms with E-state index in [4.69, 9.17) is 30.5 Å². The first-order chi connectivity index (χ1) is 27.7. The second kappa shape index (κ2) is 18.6. The van der Waals surface area contributed by atoms with Crippen molar-refractivity contribution >= 4 is 17.2 Å². The van der Waals surface area contributed by atoms with Gasteiger partial charge < -0.3 is 18.9 Å². The first-order valence-electron chi connectivity index (χ1n) is 19.9. The number of benzene rings is 6. The van der Waals surface area contributed by atoms with Crippen molar-refractivity contribution in [1.82, 2.24) is 0 Å². The van der Waals surface area contributed by atoms with E-state index in [-0.39, 0.29) is 5.41 Å². The second-order valence-electron chi connectivity index (χ2n) is 16.0. The number of hydrogen-bond donors (Lipinski definition) is 0. The number of ether oxygens (including phenoxy) is 4. The molecule has 5 heteroatoms. The van der Waals surface area contributed by atoms with Crippen LogP contribution in [0.3, 0.4) is 0 Å². The lowest BCUT2D eigenvalue weighted by atomic mass is 9.70. The Morgan fingerprint density at radius 2 is 1.07 bits per heavy atom. The van der Waals surface area contributed by atoms with Crippen LogP contribution in [0.2, 0.25) is 5.02 Å². The lowest BCUT2D eigenvalue weighted by Crippen LogP contribution is -2.55. The average molecular weight is 777 g/mol. The first-order valence-corrected chi connectivity index (χ1v) is 20.3. The Hall–Kier alpha value is -4.81. The molecule has 0 saturated carbocycles. The van der Waals surface area contributed by atoms with Gasteiger partial charge in [-0.3, -0.25) is 0 Å². The Kier molecular flexibility index (Phi) is 13.2. The molecule has 4 atom stereocenters. The minimum absolute atomic E-state index is 0.372. The van der Waals surface area contributed by atoms with Gasteiger partial charge in [0.15, 0.2) is 0 Å². The molecule has 0 heterocycles. The minimum atomic E-state index is -0.626. The molecule has 0 spiro atoms. The Balaban J connectivity index is 1.35. The van der Waals surface area contributed by atoms with Crippen LogP contribution < -0.4 is 0 Å². The van der Waals surface area contributed by atoms with E-state index < -0.39 is 23.7 Å². The molecular weight excluding hydrogens is 724 g/mol. The van der Waals surface area contributed by atoms with Crippen LogP contribution in [0.5, 0.6) is 0 Å². The summed E-state index contributed by atoms with van der Waals surface area (Å²) in [6.45, 7) is 10.9. The van der Waals surface area contributed by atoms with Gasteiger partial charge in [0.25, 0.3) is 0 Å². The molecule has 6 aromatic rings. The fraction of sp³-hybridized carbons (Fsp3) is 0.269. The predicted molar refractivity (Wildman–Crippen MR) is 232 cm³/mol. The van der Waals surface area contributed by atoms with Crippen LogP contribution in [-0.4, -0.2) is 24.9 Å². The summed E-state index contributed by atoms with van der Waals surface area (Å²) in [5.41, 5.74) is 8.86. The molecule has 6 aromatic carbocycles. The predicted octanol–water partition coefficient (Wildman–Crippen LogP) is 12.4. The Labute approximate surface area is 344 Å². The molecule has 0 bridgehead atoms. The second-order valence-corrected chi connectivity index (χ2v) is 16.4. The summed E-state index contributed by atoms with van der Waals surface area (Å²) in [5, 5.41) is 0.720. The third kappa shape index (κ3) is 10.0. The lowest BCUT2D eigenvalue weighted by molar-refractivity contribution is -0.179. The molecule has 0 aliphatic heterocycles. The zero-order valence-corrected chi connectivity index (χ0v) is 34.2. The van der Waals surface area contributed by atoms with E-state index in [9.17, 15) is 0 Å². The van der Waals surface area contributed by atoms with Crippen molar-refractivity contribution < 1.29 is 18.9 Å². The highest BCUT2D eigenvalue weighted by atomic mass is 35.5. The van der Waals surface area contributed by atoms with Crippen molar-refractivity contribution in [1.29, 1.82) is 0 Å². The van der Waals surface area contributed by atoms with Gasteiger partial charge in [0.05, 0.1) is 39.1 Å². The van der Waals surface area contributed by atoms with Gasteiger partial charge in [0.2, 0.25) is 0 Å². The summed E-state index contributed by atoms with van der Waals surface area (Å²) in [6, 6.07) is 56.4. The van der Waals surface area contributed by atoms with E-state index >= 15 is 0 Å². The van der Waals surface area contributed by atoms with Gasteiger partial charge in [-0.2, -0.15) is 0 Å². The number of hydrogen-bond acceptors (Lipinski definition) is 4. The third-order valence-electron chi connectivity index (χ3n) is 11.1. The van der Waals surface area contributed by atoms with Gasteiger partial charge in [-0.15, -0.1) is 0 Å². The zero-order chi connectivity index (χ0) is 39.7. The largest absolute Gasteiger partial charge is 0.376 e. The quantitative estimate of drug-likeness (QED) is 0.0981. The maximum atomic E-state index is 7.11. The minimum Gasteiger partial charge on any atom is -0.376 e. The fourth-order valence-electron chi connectivity index (χ4n) is 7.81. The van der Waals surface area contributed by atoms with E-state index in [2.05, 4.69) is 119 Å². The molecule has 0 amide bonds. The molecule has 0 saturated heterocycles. The van der Waals surface area contributed by atoms with Crippen LogP contribution in [0.4, 0.5) is 0 Å². The molecular formula is C52H53ClO4. The summed E-state index contributed by atoms with van der Waals surface area (Å²) in [6.07, 6.45) is 0.899. The van der Waals surface area contributed by atoms with Gasteiger partial charge in [-0.1, -0.05) is 196 Å². The molecule has 0 aromatic heterocycles. The highest BCUT2D eigenvalue weighted by molar-refractivity contribution is 6.31. The summed E-state index contributed by atoms with van der Waals surface area (Å²) >= 11 is 7.11. The standard InChI is InChI=1S/C52H53ClO4/c1-38-25-28-44(29-26-38)51(2,3)46-31-43(27-30-47(46)53)45-32-52(4,37-54-33-39-17-9-5-10-18-39)50(57-36-42-23-15-8-16-24-42)49(56-35-41-21-13-7-14-22-41)48(45)55-34-40-19-11-6-12-20-40/h5-32,48-50H,33-37H2,1-4H3/t48-,49+,50-,52+/m0/s1. The van der Waals surface area contributed by atoms with Gasteiger partial charge in [0.1, 0.15) is 12.2 Å². The SMILES string of the molecule is Cc1ccc(C(C)(C)c2cc(C3=C[C@](C)(COCc4ccccc4)[C@@H](OCc4ccccc4)[C@H](OCc4ccccc4)[C@H]3OCc3ccccc3)ccc2Cl)cc1. The number of halogens is 1. The summed E-state index contributed by atoms with van der Waals surface area (Å²) in [5.74, 6) is 0. The Bertz CT molecular complexity index is 2190. The van der Waals surface area contributed by atoms with Crippen LogP contribution in [0.25, 0.3) is 5.57 Å². The Morgan fingerprint density at radius 1 is 0.579 bits per heavy atom. The summed E-state index contributed by atoms with van der Waals surface area (Å²) in [4.78, 5) is 0. The average Bonchev–Trinajstić information content (AvgIpc) is 3.23. The molecule has 0 unspecified atom stereocenters. The van der Waals surface area contributed by atoms with Crippen molar-refractivity contribution in [2.45, 2.75) is 77.8 Å². The van der Waals surface area contributed by atoms with E-state index in [0.717, 1.165) is 44.0 Å². The summed E-state index contributed by atoms with van der Waals surface area (Å²) in [7, 11) is 0. The molecule has 1 aliphatic carbocycles. The van der Waals surface area contributed by atoms with E-state index in [1.54, 1.807) is 0 Å². The molecule has 0 radical (unpaired) electrons. The summed E-state index contributed by atoms with van der Waals surface area (Å²) < 4.78 is 27.9. The molecule has 0 fully saturated rings. The van der Waals surface area contributed by atoms with Crippen LogP contribution in [0, 0.1) is 12.3 Å². The first kappa shape index (κ1) is 40.4. The smallest absolute Gasteiger partial charge is 0.115 e. The molecule has 4 nitrogen and oxygen atoms in total. The highest BCUT2D eigenvalue weighted by Crippen LogP contribution is 2.46. The van der Waals surface area contributed by atoms with Crippen LogP contribution in [0.1, 0.15) is 65.3 Å². The van der Waals surface area contributed by atoms with Crippen LogP contribution in [-0.2, 0) is 50.8 Å². The zero-order valence-electron chi connectivity index (χ0n) is 33.4. The fourth-order valence-corrected chi connectivity index (χ4v) is 8.16. The van der Waals surface area contributed by atoms with Crippen LogP contribution in [0.15, 0.2) is 170 Å². The van der Waals surface area contributed by atoms with E-state index in [1.807, 2.05) is 78.9 Å². The van der Waals surface area contributed by atoms with Gasteiger partial charge >= 0.3 is 0 Å².